The Labute approximate surface area is 126 Å². The topological polar surface area (TPSA) is 72.2 Å². The second-order valence-corrected chi connectivity index (χ2v) is 6.40. The molecule has 1 atom stereocenters. The normalized spacial score (nSPS) is 17.0. The van der Waals surface area contributed by atoms with E-state index in [0.717, 1.165) is 25.0 Å². The fraction of sp³-hybridized carbons (Fsp3) is 0.625. The number of aliphatic hydroxyl groups is 1. The lowest BCUT2D eigenvalue weighted by atomic mass is 9.95. The van der Waals surface area contributed by atoms with Crippen LogP contribution in [0.4, 0.5) is 5.82 Å². The van der Waals surface area contributed by atoms with Gasteiger partial charge in [0.25, 0.3) is 0 Å². The fourth-order valence-corrected chi connectivity index (χ4v) is 2.86. The van der Waals surface area contributed by atoms with E-state index >= 15 is 0 Å². The third-order valence-corrected chi connectivity index (χ3v) is 3.71. The van der Waals surface area contributed by atoms with Gasteiger partial charge in [-0.1, -0.05) is 0 Å². The lowest BCUT2D eigenvalue weighted by Crippen LogP contribution is -2.43. The molecule has 0 fully saturated rings. The molecule has 2 rings (SSSR count). The molecule has 0 saturated carbocycles. The van der Waals surface area contributed by atoms with Gasteiger partial charge in [0, 0.05) is 18.8 Å². The van der Waals surface area contributed by atoms with E-state index in [4.69, 9.17) is 0 Å². The van der Waals surface area contributed by atoms with E-state index in [-0.39, 0.29) is 0 Å². The lowest BCUT2D eigenvalue weighted by molar-refractivity contribution is 0.0459. The average molecular weight is 288 g/mol. The summed E-state index contributed by atoms with van der Waals surface area (Å²) in [6.07, 6.45) is 4.31. The minimum absolute atomic E-state index is 0.367. The maximum atomic E-state index is 10.3. The smallest absolute Gasteiger partial charge is 0.144 e. The van der Waals surface area contributed by atoms with Crippen molar-refractivity contribution in [2.45, 2.75) is 38.2 Å². The van der Waals surface area contributed by atoms with Gasteiger partial charge in [-0.15, -0.1) is 0 Å². The van der Waals surface area contributed by atoms with Crippen molar-refractivity contribution in [2.75, 3.05) is 32.5 Å². The zero-order chi connectivity index (χ0) is 15.5. The summed E-state index contributed by atoms with van der Waals surface area (Å²) in [6.45, 7) is 2.70. The molecule has 5 heteroatoms. The quantitative estimate of drug-likeness (QED) is 0.860. The summed E-state index contributed by atoms with van der Waals surface area (Å²) < 4.78 is 0. The van der Waals surface area contributed by atoms with Crippen LogP contribution in [0.3, 0.4) is 0 Å². The van der Waals surface area contributed by atoms with E-state index in [0.29, 0.717) is 24.5 Å². The summed E-state index contributed by atoms with van der Waals surface area (Å²) in [5.74, 6) is 0.595. The zero-order valence-corrected chi connectivity index (χ0v) is 13.1. The molecule has 5 nitrogen and oxygen atoms in total. The number of nitrogens with zero attached hydrogens (tertiary/aromatic N) is 3. The predicted molar refractivity (Wildman–Crippen MR) is 83.3 cm³/mol. The highest BCUT2D eigenvalue weighted by Gasteiger charge is 2.22. The van der Waals surface area contributed by atoms with E-state index in [1.165, 1.54) is 12.0 Å². The summed E-state index contributed by atoms with van der Waals surface area (Å²) in [6, 6.07) is 4.15. The Balaban J connectivity index is 2.14. The van der Waals surface area contributed by atoms with E-state index in [1.54, 1.807) is 6.92 Å². The second kappa shape index (κ2) is 6.42. The number of pyridine rings is 1. The number of fused-ring (bicyclic) bond motifs is 1. The Hall–Kier alpha value is -1.64. The summed E-state index contributed by atoms with van der Waals surface area (Å²) in [7, 11) is 3.85. The van der Waals surface area contributed by atoms with Gasteiger partial charge in [-0.3, -0.25) is 0 Å². The highest BCUT2D eigenvalue weighted by atomic mass is 16.3. The van der Waals surface area contributed by atoms with Gasteiger partial charge >= 0.3 is 0 Å². The maximum absolute atomic E-state index is 10.3. The van der Waals surface area contributed by atoms with Crippen LogP contribution in [0, 0.1) is 11.3 Å². The van der Waals surface area contributed by atoms with E-state index in [1.807, 2.05) is 25.1 Å². The molecule has 1 heterocycles. The number of nitriles is 1. The predicted octanol–water partition coefficient (Wildman–Crippen LogP) is 1.56. The van der Waals surface area contributed by atoms with Crippen molar-refractivity contribution in [1.82, 2.24) is 9.88 Å². The van der Waals surface area contributed by atoms with Crippen molar-refractivity contribution < 1.29 is 5.11 Å². The minimum atomic E-state index is -0.867. The van der Waals surface area contributed by atoms with E-state index in [9.17, 15) is 10.4 Å². The molecule has 1 aliphatic carbocycles. The number of anilines is 1. The Morgan fingerprint density at radius 1 is 1.43 bits per heavy atom. The zero-order valence-electron chi connectivity index (χ0n) is 13.1. The van der Waals surface area contributed by atoms with Gasteiger partial charge in [-0.2, -0.15) is 5.26 Å². The molecule has 0 saturated heterocycles. The van der Waals surface area contributed by atoms with Crippen molar-refractivity contribution in [3.05, 3.63) is 22.9 Å². The molecule has 0 spiro atoms. The van der Waals surface area contributed by atoms with E-state index in [2.05, 4.69) is 16.4 Å². The monoisotopic (exact) mass is 288 g/mol. The second-order valence-electron chi connectivity index (χ2n) is 6.40. The third-order valence-electron chi connectivity index (χ3n) is 3.71. The number of rotatable bonds is 5. The van der Waals surface area contributed by atoms with Crippen LogP contribution in [0.25, 0.3) is 0 Å². The summed E-state index contributed by atoms with van der Waals surface area (Å²) in [5, 5.41) is 22.8. The number of aromatic nitrogens is 1. The number of hydrogen-bond acceptors (Lipinski definition) is 5. The van der Waals surface area contributed by atoms with Gasteiger partial charge in [0.15, 0.2) is 0 Å². The molecule has 0 aromatic carbocycles. The first-order valence-corrected chi connectivity index (χ1v) is 7.45. The van der Waals surface area contributed by atoms with E-state index < -0.39 is 5.60 Å². The van der Waals surface area contributed by atoms with Crippen LogP contribution >= 0.6 is 0 Å². The first-order valence-electron chi connectivity index (χ1n) is 7.45. The van der Waals surface area contributed by atoms with Crippen LogP contribution in [0.5, 0.6) is 0 Å². The average Bonchev–Trinajstić information content (AvgIpc) is 2.42. The maximum Gasteiger partial charge on any atom is 0.144 e. The molecule has 114 valence electrons. The standard InChI is InChI=1S/C16H24N4O/c1-16(21,11-20(2)3)10-18-15-13(9-17)8-12-6-4-5-7-14(12)19-15/h8,21H,4-7,10-11H2,1-3H3,(H,18,19). The van der Waals surface area contributed by atoms with Gasteiger partial charge in [0.1, 0.15) is 11.9 Å². The molecule has 21 heavy (non-hydrogen) atoms. The van der Waals surface area contributed by atoms with Gasteiger partial charge < -0.3 is 15.3 Å². The molecule has 2 N–H and O–H groups in total. The molecule has 0 bridgehead atoms. The molecule has 1 aliphatic rings. The van der Waals surface area contributed by atoms with Crippen molar-refractivity contribution in [3.63, 3.8) is 0 Å². The van der Waals surface area contributed by atoms with Gasteiger partial charge in [-0.05, 0) is 58.3 Å². The summed E-state index contributed by atoms with van der Waals surface area (Å²) >= 11 is 0. The Morgan fingerprint density at radius 2 is 2.14 bits per heavy atom. The van der Waals surface area contributed by atoms with Gasteiger partial charge in [-0.25, -0.2) is 4.98 Å². The van der Waals surface area contributed by atoms with Crippen LogP contribution < -0.4 is 5.32 Å². The largest absolute Gasteiger partial charge is 0.387 e. The molecule has 1 aromatic rings. The summed E-state index contributed by atoms with van der Waals surface area (Å²) in [5.41, 5.74) is 1.99. The van der Waals surface area contributed by atoms with Crippen LogP contribution in [-0.2, 0) is 12.8 Å². The highest BCUT2D eigenvalue weighted by Crippen LogP contribution is 2.24. The Bertz CT molecular complexity index is 546. The van der Waals surface area contributed by atoms with Crippen molar-refractivity contribution in [1.29, 1.82) is 5.26 Å². The van der Waals surface area contributed by atoms with Crippen molar-refractivity contribution >= 4 is 5.82 Å². The fourth-order valence-electron chi connectivity index (χ4n) is 2.86. The first kappa shape index (κ1) is 15.7. The van der Waals surface area contributed by atoms with Crippen LogP contribution in [-0.4, -0.2) is 47.8 Å². The Kier molecular flexibility index (Phi) is 4.81. The number of aryl methyl sites for hydroxylation is 2. The Morgan fingerprint density at radius 3 is 2.81 bits per heavy atom. The molecular weight excluding hydrogens is 264 g/mol. The number of nitrogens with one attached hydrogen (secondary N) is 1. The van der Waals surface area contributed by atoms with Gasteiger partial charge in [0.2, 0.25) is 0 Å². The molecule has 1 aromatic heterocycles. The van der Waals surface area contributed by atoms with Crippen molar-refractivity contribution in [2.24, 2.45) is 0 Å². The van der Waals surface area contributed by atoms with Gasteiger partial charge in [0.05, 0.1) is 11.2 Å². The molecule has 0 amide bonds. The molecule has 0 radical (unpaired) electrons. The van der Waals surface area contributed by atoms with Crippen molar-refractivity contribution in [3.8, 4) is 6.07 Å². The SMILES string of the molecule is CN(C)CC(C)(O)CNc1nc2c(cc1C#N)CCCC2. The van der Waals surface area contributed by atoms with Crippen LogP contribution in [0.15, 0.2) is 6.07 Å². The lowest BCUT2D eigenvalue weighted by Gasteiger charge is -2.27. The minimum Gasteiger partial charge on any atom is -0.387 e. The molecule has 0 aliphatic heterocycles. The first-order chi connectivity index (χ1) is 9.91. The highest BCUT2D eigenvalue weighted by molar-refractivity contribution is 5.54. The van der Waals surface area contributed by atoms with Crippen LogP contribution in [0.1, 0.15) is 36.6 Å². The number of likely N-dealkylation sites (N-methyl/N-ethyl adjacent to an activating group) is 1. The third kappa shape index (κ3) is 4.16. The summed E-state index contributed by atoms with van der Waals surface area (Å²) in [4.78, 5) is 6.55. The van der Waals surface area contributed by atoms with Crippen LogP contribution in [0.2, 0.25) is 0 Å². The molecular formula is C16H24N4O. The molecule has 1 unspecified atom stereocenters. The number of hydrogen-bond donors (Lipinski definition) is 2.